The van der Waals surface area contributed by atoms with Crippen LogP contribution in [0, 0.1) is 6.92 Å². The molecule has 2 aromatic carbocycles. The van der Waals surface area contributed by atoms with Gasteiger partial charge in [0.2, 0.25) is 0 Å². The van der Waals surface area contributed by atoms with Crippen LogP contribution in [0.5, 0.6) is 0 Å². The third kappa shape index (κ3) is 5.68. The van der Waals surface area contributed by atoms with Crippen LogP contribution >= 0.6 is 0 Å². The van der Waals surface area contributed by atoms with Crippen molar-refractivity contribution in [3.8, 4) is 0 Å². The van der Waals surface area contributed by atoms with Crippen molar-refractivity contribution < 1.29 is 68.2 Å². The number of rotatable bonds is 0. The predicted molar refractivity (Wildman–Crippen MR) is 48.7 cm³/mol. The zero-order valence-electron chi connectivity index (χ0n) is 8.50. The van der Waals surface area contributed by atoms with Crippen molar-refractivity contribution in [1.29, 1.82) is 0 Å². The fraction of sp³-hybridized carbons (Fsp3) is 0.0909. The summed E-state index contributed by atoms with van der Waals surface area (Å²) in [6.07, 6.45) is 0. The number of benzene rings is 2. The Kier molecular flexibility index (Phi) is 18.9. The van der Waals surface area contributed by atoms with E-state index in [9.17, 15) is 0 Å². The minimum Gasteiger partial charge on any atom is -1.00 e. The van der Waals surface area contributed by atoms with Crippen molar-refractivity contribution in [3.63, 3.8) is 0 Å². The summed E-state index contributed by atoms with van der Waals surface area (Å²) in [5.41, 5.74) is 1.35. The second kappa shape index (κ2) is 11.9. The molecule has 0 amide bonds. The van der Waals surface area contributed by atoms with Crippen molar-refractivity contribution >= 4 is 10.8 Å². The Labute approximate surface area is 133 Å². The Morgan fingerprint density at radius 3 is 1.75 bits per heavy atom. The van der Waals surface area contributed by atoms with Crippen molar-refractivity contribution in [2.24, 2.45) is 0 Å². The van der Waals surface area contributed by atoms with E-state index in [0.29, 0.717) is 0 Å². The van der Waals surface area contributed by atoms with E-state index in [1.165, 1.54) is 16.3 Å². The molecule has 0 heterocycles. The molecule has 0 bridgehead atoms. The van der Waals surface area contributed by atoms with E-state index in [0.717, 1.165) is 0 Å². The summed E-state index contributed by atoms with van der Waals surface area (Å²) in [6.45, 7) is 2.14. The molecule has 0 aliphatic heterocycles. The molecule has 87 valence electrons. The van der Waals surface area contributed by atoms with E-state index in [1.807, 2.05) is 0 Å². The first-order chi connectivity index (χ1) is 5.38. The zero-order chi connectivity index (χ0) is 7.68. The van der Waals surface area contributed by atoms with Crippen LogP contribution in [0.1, 0.15) is 5.56 Å². The standard InChI is InChI=1S/C11H10.4ClH.V/c1-9-5-4-7-10-6-2-3-8-11(9)10;;;;;/h2-8H,1H3;4*1H;/q;;;;;+4/p-4. The van der Waals surface area contributed by atoms with Crippen molar-refractivity contribution in [1.82, 2.24) is 0 Å². The smallest absolute Gasteiger partial charge is 1.00 e. The van der Waals surface area contributed by atoms with Gasteiger partial charge in [-0.25, -0.2) is 0 Å². The van der Waals surface area contributed by atoms with E-state index in [1.54, 1.807) is 0 Å². The summed E-state index contributed by atoms with van der Waals surface area (Å²) in [5.74, 6) is 0. The van der Waals surface area contributed by atoms with Crippen LogP contribution in [0.4, 0.5) is 0 Å². The molecule has 0 atom stereocenters. The van der Waals surface area contributed by atoms with Gasteiger partial charge in [-0.15, -0.1) is 0 Å². The third-order valence-corrected chi connectivity index (χ3v) is 2.01. The molecule has 0 spiro atoms. The van der Waals surface area contributed by atoms with Crippen LogP contribution < -0.4 is 49.6 Å². The molecule has 2 rings (SSSR count). The first-order valence-corrected chi connectivity index (χ1v) is 3.82. The second-order valence-corrected chi connectivity index (χ2v) is 2.80. The number of aryl methyl sites for hydroxylation is 1. The minimum atomic E-state index is 0. The minimum absolute atomic E-state index is 0. The largest absolute Gasteiger partial charge is 4.00 e. The summed E-state index contributed by atoms with van der Waals surface area (Å²) in [6, 6.07) is 14.8. The Hall–Kier alpha value is 0.444. The fourth-order valence-corrected chi connectivity index (χ4v) is 1.39. The van der Waals surface area contributed by atoms with E-state index in [2.05, 4.69) is 49.4 Å². The van der Waals surface area contributed by atoms with Gasteiger partial charge in [0, 0.05) is 0 Å². The number of fused-ring (bicyclic) bond motifs is 1. The normalized spacial score (nSPS) is 7.06. The molecule has 0 nitrogen and oxygen atoms in total. The maximum atomic E-state index is 2.16. The van der Waals surface area contributed by atoms with Crippen molar-refractivity contribution in [2.75, 3.05) is 0 Å². The maximum Gasteiger partial charge on any atom is 4.00 e. The monoisotopic (exact) mass is 333 g/mol. The first-order valence-electron chi connectivity index (χ1n) is 3.82. The molecule has 0 fully saturated rings. The quantitative estimate of drug-likeness (QED) is 0.449. The van der Waals surface area contributed by atoms with Crippen LogP contribution in [0.25, 0.3) is 10.8 Å². The van der Waals surface area contributed by atoms with Crippen molar-refractivity contribution in [2.45, 2.75) is 6.92 Å². The van der Waals surface area contributed by atoms with Gasteiger partial charge in [-0.3, -0.25) is 0 Å². The molecule has 0 aliphatic carbocycles. The molecule has 0 unspecified atom stereocenters. The summed E-state index contributed by atoms with van der Waals surface area (Å²) in [5, 5.41) is 2.68. The Morgan fingerprint density at radius 1 is 0.688 bits per heavy atom. The molecule has 0 saturated heterocycles. The van der Waals surface area contributed by atoms with E-state index in [4.69, 9.17) is 0 Å². The third-order valence-electron chi connectivity index (χ3n) is 2.01. The number of halogens is 4. The number of hydrogen-bond donors (Lipinski definition) is 0. The van der Waals surface area contributed by atoms with E-state index >= 15 is 0 Å². The molecule has 5 heteroatoms. The van der Waals surface area contributed by atoms with Gasteiger partial charge < -0.3 is 49.6 Å². The molecule has 16 heavy (non-hydrogen) atoms. The van der Waals surface area contributed by atoms with Crippen LogP contribution in [0.2, 0.25) is 0 Å². The van der Waals surface area contributed by atoms with Gasteiger partial charge in [-0.2, -0.15) is 0 Å². The van der Waals surface area contributed by atoms with Gasteiger partial charge in [0.1, 0.15) is 0 Å². The molecule has 1 radical (unpaired) electrons. The molecule has 0 N–H and O–H groups in total. The summed E-state index contributed by atoms with van der Waals surface area (Å²) < 4.78 is 0. The van der Waals surface area contributed by atoms with Gasteiger partial charge in [-0.05, 0) is 23.3 Å². The van der Waals surface area contributed by atoms with E-state index in [-0.39, 0.29) is 68.2 Å². The van der Waals surface area contributed by atoms with Gasteiger partial charge in [-0.1, -0.05) is 42.5 Å². The molecule has 0 aromatic heterocycles. The SMILES string of the molecule is Cc1cccc2ccccc12.[Cl-].[Cl-].[Cl-].[Cl-].[V+4]. The molecule has 0 saturated carbocycles. The summed E-state index contributed by atoms with van der Waals surface area (Å²) in [7, 11) is 0. The van der Waals surface area contributed by atoms with Crippen LogP contribution in [0.15, 0.2) is 42.5 Å². The first kappa shape index (κ1) is 25.3. The molecular formula is C11H10Cl4V. The van der Waals surface area contributed by atoms with E-state index < -0.39 is 0 Å². The van der Waals surface area contributed by atoms with Crippen LogP contribution in [-0.2, 0) is 18.6 Å². The Balaban J connectivity index is -0.000000144. The van der Waals surface area contributed by atoms with Gasteiger partial charge in [0.15, 0.2) is 0 Å². The zero-order valence-corrected chi connectivity index (χ0v) is 12.9. The Bertz CT molecular complexity index is 387. The fourth-order valence-electron chi connectivity index (χ4n) is 1.39. The predicted octanol–water partition coefficient (Wildman–Crippen LogP) is -8.84. The Morgan fingerprint density at radius 2 is 1.19 bits per heavy atom. The van der Waals surface area contributed by atoms with Gasteiger partial charge in [0.05, 0.1) is 0 Å². The second-order valence-electron chi connectivity index (χ2n) is 2.80. The molecule has 0 aliphatic rings. The van der Waals surface area contributed by atoms with Crippen molar-refractivity contribution in [3.05, 3.63) is 48.0 Å². The van der Waals surface area contributed by atoms with Gasteiger partial charge >= 0.3 is 18.6 Å². The average molecular weight is 335 g/mol. The summed E-state index contributed by atoms with van der Waals surface area (Å²) in [4.78, 5) is 0. The molecular weight excluding hydrogens is 325 g/mol. The summed E-state index contributed by atoms with van der Waals surface area (Å²) >= 11 is 0. The molecule has 2 aromatic rings. The topological polar surface area (TPSA) is 0 Å². The number of hydrogen-bond acceptors (Lipinski definition) is 0. The van der Waals surface area contributed by atoms with Gasteiger partial charge in [0.25, 0.3) is 0 Å². The average Bonchev–Trinajstić information content (AvgIpc) is 2.06. The van der Waals surface area contributed by atoms with Crippen LogP contribution in [-0.4, -0.2) is 0 Å². The maximum absolute atomic E-state index is 2.16. The van der Waals surface area contributed by atoms with Crippen LogP contribution in [0.3, 0.4) is 0 Å².